The Labute approximate surface area is 100 Å². The second-order valence-corrected chi connectivity index (χ2v) is 3.71. The zero-order chi connectivity index (χ0) is 12.7. The first-order chi connectivity index (χ1) is 8.11. The van der Waals surface area contributed by atoms with Crippen molar-refractivity contribution in [1.29, 1.82) is 0 Å². The first-order valence-electron chi connectivity index (χ1n) is 5.39. The number of likely N-dealkylation sites (N-methyl/N-ethyl adjacent to an activating group) is 2. The van der Waals surface area contributed by atoms with Crippen LogP contribution in [0.4, 0.5) is 4.39 Å². The number of rotatable bonds is 6. The Morgan fingerprint density at radius 2 is 2.06 bits per heavy atom. The summed E-state index contributed by atoms with van der Waals surface area (Å²) in [6, 6.07) is 5.86. The van der Waals surface area contributed by atoms with Crippen LogP contribution in [-0.4, -0.2) is 44.6 Å². The Bertz CT molecular complexity index is 354. The third kappa shape index (κ3) is 5.31. The number of carbonyl (C=O) groups is 1. The van der Waals surface area contributed by atoms with E-state index in [4.69, 9.17) is 4.74 Å². The van der Waals surface area contributed by atoms with E-state index in [-0.39, 0.29) is 11.7 Å². The molecule has 0 aliphatic carbocycles. The standard InChI is InChI=1S/C12H17FN2O2/c1-14-12(16)9-15(2)7-8-17-11-5-3-10(13)4-6-11/h3-6H,7-9H2,1-2H3,(H,14,16). The van der Waals surface area contributed by atoms with E-state index >= 15 is 0 Å². The lowest BCUT2D eigenvalue weighted by Gasteiger charge is -2.15. The fourth-order valence-corrected chi connectivity index (χ4v) is 1.25. The lowest BCUT2D eigenvalue weighted by molar-refractivity contribution is -0.121. The third-order valence-electron chi connectivity index (χ3n) is 2.25. The second-order valence-electron chi connectivity index (χ2n) is 3.71. The average Bonchev–Trinajstić information content (AvgIpc) is 2.31. The molecule has 0 saturated carbocycles. The van der Waals surface area contributed by atoms with E-state index in [1.54, 1.807) is 19.2 Å². The van der Waals surface area contributed by atoms with Gasteiger partial charge in [0.2, 0.25) is 5.91 Å². The fourth-order valence-electron chi connectivity index (χ4n) is 1.25. The van der Waals surface area contributed by atoms with Gasteiger partial charge in [-0.1, -0.05) is 0 Å². The minimum Gasteiger partial charge on any atom is -0.492 e. The van der Waals surface area contributed by atoms with Crippen molar-refractivity contribution < 1.29 is 13.9 Å². The van der Waals surface area contributed by atoms with Gasteiger partial charge in [0.25, 0.3) is 0 Å². The third-order valence-corrected chi connectivity index (χ3v) is 2.25. The quantitative estimate of drug-likeness (QED) is 0.802. The van der Waals surface area contributed by atoms with Crippen molar-refractivity contribution in [1.82, 2.24) is 10.2 Å². The summed E-state index contributed by atoms with van der Waals surface area (Å²) < 4.78 is 18.0. The SMILES string of the molecule is CNC(=O)CN(C)CCOc1ccc(F)cc1. The zero-order valence-electron chi connectivity index (χ0n) is 10.1. The lowest BCUT2D eigenvalue weighted by Crippen LogP contribution is -2.35. The maximum atomic E-state index is 12.6. The summed E-state index contributed by atoms with van der Waals surface area (Å²) in [6.45, 7) is 1.42. The van der Waals surface area contributed by atoms with E-state index in [2.05, 4.69) is 5.32 Å². The topological polar surface area (TPSA) is 41.6 Å². The van der Waals surface area contributed by atoms with Crippen molar-refractivity contribution in [3.63, 3.8) is 0 Å². The Kier molecular flexibility index (Phi) is 5.42. The van der Waals surface area contributed by atoms with E-state index in [1.807, 2.05) is 11.9 Å². The minimum atomic E-state index is -0.283. The highest BCUT2D eigenvalue weighted by Gasteiger charge is 2.04. The number of carbonyl (C=O) groups excluding carboxylic acids is 1. The van der Waals surface area contributed by atoms with Gasteiger partial charge < -0.3 is 10.1 Å². The summed E-state index contributed by atoms with van der Waals surface area (Å²) in [6.07, 6.45) is 0. The number of ether oxygens (including phenoxy) is 1. The molecule has 0 spiro atoms. The van der Waals surface area contributed by atoms with Gasteiger partial charge >= 0.3 is 0 Å². The molecule has 0 fully saturated rings. The Morgan fingerprint density at radius 1 is 1.41 bits per heavy atom. The summed E-state index contributed by atoms with van der Waals surface area (Å²) in [4.78, 5) is 12.9. The summed E-state index contributed by atoms with van der Waals surface area (Å²) in [7, 11) is 3.44. The van der Waals surface area contributed by atoms with E-state index < -0.39 is 0 Å². The molecular weight excluding hydrogens is 223 g/mol. The molecule has 0 radical (unpaired) electrons. The Balaban J connectivity index is 2.23. The summed E-state index contributed by atoms with van der Waals surface area (Å²) >= 11 is 0. The van der Waals surface area contributed by atoms with Crippen LogP contribution in [0.5, 0.6) is 5.75 Å². The number of benzene rings is 1. The van der Waals surface area contributed by atoms with Crippen molar-refractivity contribution in [3.8, 4) is 5.75 Å². The summed E-state index contributed by atoms with van der Waals surface area (Å²) in [5, 5.41) is 2.55. The molecule has 1 N–H and O–H groups in total. The van der Waals surface area contributed by atoms with Crippen LogP contribution in [0.25, 0.3) is 0 Å². The van der Waals surface area contributed by atoms with Crippen LogP contribution in [0.2, 0.25) is 0 Å². The molecule has 1 amide bonds. The van der Waals surface area contributed by atoms with E-state index in [0.717, 1.165) is 0 Å². The van der Waals surface area contributed by atoms with E-state index in [1.165, 1.54) is 12.1 Å². The highest BCUT2D eigenvalue weighted by atomic mass is 19.1. The molecule has 1 aromatic carbocycles. The highest BCUT2D eigenvalue weighted by molar-refractivity contribution is 5.77. The van der Waals surface area contributed by atoms with Gasteiger partial charge in [-0.05, 0) is 31.3 Å². The normalized spacial score (nSPS) is 10.4. The van der Waals surface area contributed by atoms with Crippen LogP contribution in [0.1, 0.15) is 0 Å². The number of hydrogen-bond donors (Lipinski definition) is 1. The molecule has 0 atom stereocenters. The molecule has 1 rings (SSSR count). The van der Waals surface area contributed by atoms with Gasteiger partial charge in [0.05, 0.1) is 6.54 Å². The molecule has 0 aliphatic rings. The van der Waals surface area contributed by atoms with Gasteiger partial charge in [-0.25, -0.2) is 4.39 Å². The van der Waals surface area contributed by atoms with Crippen LogP contribution < -0.4 is 10.1 Å². The highest BCUT2D eigenvalue weighted by Crippen LogP contribution is 2.10. The van der Waals surface area contributed by atoms with Gasteiger partial charge in [-0.3, -0.25) is 9.69 Å². The first-order valence-corrected chi connectivity index (χ1v) is 5.39. The monoisotopic (exact) mass is 240 g/mol. The largest absolute Gasteiger partial charge is 0.492 e. The van der Waals surface area contributed by atoms with Crippen molar-refractivity contribution in [2.45, 2.75) is 0 Å². The molecule has 0 saturated heterocycles. The Morgan fingerprint density at radius 3 is 2.65 bits per heavy atom. The predicted octanol–water partition coefficient (Wildman–Crippen LogP) is 0.882. The number of amides is 1. The molecule has 5 heteroatoms. The van der Waals surface area contributed by atoms with Crippen molar-refractivity contribution in [2.75, 3.05) is 33.8 Å². The summed E-state index contributed by atoms with van der Waals surface area (Å²) in [5.41, 5.74) is 0. The second kappa shape index (κ2) is 6.85. The number of hydrogen-bond acceptors (Lipinski definition) is 3. The van der Waals surface area contributed by atoms with Crippen LogP contribution in [-0.2, 0) is 4.79 Å². The summed E-state index contributed by atoms with van der Waals surface area (Å²) in [5.74, 6) is 0.308. The Hall–Kier alpha value is -1.62. The number of halogens is 1. The van der Waals surface area contributed by atoms with Crippen molar-refractivity contribution in [3.05, 3.63) is 30.1 Å². The minimum absolute atomic E-state index is 0.0331. The van der Waals surface area contributed by atoms with Gasteiger partial charge in [0.1, 0.15) is 18.2 Å². The maximum Gasteiger partial charge on any atom is 0.233 e. The molecule has 0 unspecified atom stereocenters. The van der Waals surface area contributed by atoms with Gasteiger partial charge in [-0.15, -0.1) is 0 Å². The lowest BCUT2D eigenvalue weighted by atomic mass is 10.3. The van der Waals surface area contributed by atoms with Crippen LogP contribution in [0.3, 0.4) is 0 Å². The van der Waals surface area contributed by atoms with Gasteiger partial charge in [0, 0.05) is 13.6 Å². The number of nitrogens with zero attached hydrogens (tertiary/aromatic N) is 1. The van der Waals surface area contributed by atoms with Crippen LogP contribution in [0.15, 0.2) is 24.3 Å². The molecule has 0 bridgehead atoms. The predicted molar refractivity (Wildman–Crippen MR) is 63.5 cm³/mol. The van der Waals surface area contributed by atoms with Gasteiger partial charge in [-0.2, -0.15) is 0 Å². The molecule has 0 aliphatic heterocycles. The smallest absolute Gasteiger partial charge is 0.233 e. The fraction of sp³-hybridized carbons (Fsp3) is 0.417. The van der Waals surface area contributed by atoms with Crippen LogP contribution >= 0.6 is 0 Å². The first kappa shape index (κ1) is 13.4. The van der Waals surface area contributed by atoms with E-state index in [0.29, 0.717) is 25.4 Å². The molecule has 94 valence electrons. The number of nitrogens with one attached hydrogen (secondary N) is 1. The maximum absolute atomic E-state index is 12.6. The van der Waals surface area contributed by atoms with Gasteiger partial charge in [0.15, 0.2) is 0 Å². The van der Waals surface area contributed by atoms with E-state index in [9.17, 15) is 9.18 Å². The average molecular weight is 240 g/mol. The zero-order valence-corrected chi connectivity index (χ0v) is 10.1. The molecule has 0 aromatic heterocycles. The molecule has 17 heavy (non-hydrogen) atoms. The van der Waals surface area contributed by atoms with Crippen molar-refractivity contribution >= 4 is 5.91 Å². The molecular formula is C12H17FN2O2. The van der Waals surface area contributed by atoms with Crippen molar-refractivity contribution in [2.24, 2.45) is 0 Å². The molecule has 1 aromatic rings. The molecule has 4 nitrogen and oxygen atoms in total. The van der Waals surface area contributed by atoms with Crippen LogP contribution in [0, 0.1) is 5.82 Å². The molecule has 0 heterocycles.